The van der Waals surface area contributed by atoms with E-state index in [4.69, 9.17) is 14.4 Å². The molecule has 3 rings (SSSR count). The second-order valence-electron chi connectivity index (χ2n) is 4.87. The van der Waals surface area contributed by atoms with Crippen molar-refractivity contribution in [2.75, 3.05) is 26.1 Å². The minimum Gasteiger partial charge on any atom is -0.394 e. The van der Waals surface area contributed by atoms with Crippen molar-refractivity contribution in [2.45, 2.75) is 24.5 Å². The summed E-state index contributed by atoms with van der Waals surface area (Å²) in [4.78, 5) is 22.4. The Kier molecular flexibility index (Phi) is 4.39. The van der Waals surface area contributed by atoms with Gasteiger partial charge in [-0.2, -0.15) is 0 Å². The molecule has 23 heavy (non-hydrogen) atoms. The van der Waals surface area contributed by atoms with Crippen molar-refractivity contribution in [3.05, 3.63) is 12.7 Å². The van der Waals surface area contributed by atoms with Gasteiger partial charge in [0.1, 0.15) is 24.6 Å². The van der Waals surface area contributed by atoms with E-state index >= 15 is 0 Å². The second kappa shape index (κ2) is 6.31. The topological polar surface area (TPSA) is 135 Å². The van der Waals surface area contributed by atoms with Crippen LogP contribution in [0.3, 0.4) is 0 Å². The van der Waals surface area contributed by atoms with Gasteiger partial charge in [-0.3, -0.25) is 14.2 Å². The molecule has 11 nitrogen and oxygen atoms in total. The number of ether oxygens (including phenoxy) is 1. The number of rotatable bonds is 5. The average molecular weight is 327 g/mol. The summed E-state index contributed by atoms with van der Waals surface area (Å²) in [6.07, 6.45) is -1.59. The molecular formula is C12H17N5O6. The van der Waals surface area contributed by atoms with Crippen molar-refractivity contribution in [2.24, 2.45) is 0 Å². The Labute approximate surface area is 130 Å². The number of aliphatic hydroxyl groups is 3. The average Bonchev–Trinajstić information content (AvgIpc) is 3.11. The van der Waals surface area contributed by atoms with Crippen molar-refractivity contribution < 1.29 is 29.7 Å². The first-order valence-electron chi connectivity index (χ1n) is 6.80. The van der Waals surface area contributed by atoms with E-state index in [2.05, 4.69) is 15.0 Å². The van der Waals surface area contributed by atoms with Gasteiger partial charge in [-0.05, 0) is 0 Å². The molecule has 126 valence electrons. The molecule has 0 bridgehead atoms. The Morgan fingerprint density at radius 2 is 1.96 bits per heavy atom. The lowest BCUT2D eigenvalue weighted by atomic mass is 10.1. The van der Waals surface area contributed by atoms with Gasteiger partial charge in [0.25, 0.3) is 0 Å². The van der Waals surface area contributed by atoms with Crippen LogP contribution in [-0.4, -0.2) is 74.0 Å². The zero-order valence-corrected chi connectivity index (χ0v) is 12.5. The standard InChI is InChI=1S/C12H17N5O6/c1-21-17(22-2)11-7-10(13-4-14-11)16(5-15-7)12-9(20)8(19)6(3-18)23-12/h4-6,8-9,12,18-20H,3H2,1-2H3/t6-,8?,9?,12-/m1/s1. The van der Waals surface area contributed by atoms with Crippen LogP contribution in [0.2, 0.25) is 0 Å². The summed E-state index contributed by atoms with van der Waals surface area (Å²) in [5.41, 5.74) is 0.706. The number of imidazole rings is 1. The molecule has 3 N–H and O–H groups in total. The van der Waals surface area contributed by atoms with Crippen LogP contribution in [0.5, 0.6) is 0 Å². The van der Waals surface area contributed by atoms with Crippen molar-refractivity contribution in [1.29, 1.82) is 0 Å². The lowest BCUT2D eigenvalue weighted by Crippen LogP contribution is -2.33. The van der Waals surface area contributed by atoms with Crippen LogP contribution in [0, 0.1) is 0 Å². The first-order valence-corrected chi connectivity index (χ1v) is 6.80. The third kappa shape index (κ3) is 2.52. The summed E-state index contributed by atoms with van der Waals surface area (Å²) in [5, 5.41) is 30.2. The number of aromatic nitrogens is 4. The monoisotopic (exact) mass is 327 g/mol. The van der Waals surface area contributed by atoms with Gasteiger partial charge in [0.15, 0.2) is 17.4 Å². The first-order chi connectivity index (χ1) is 11.1. The lowest BCUT2D eigenvalue weighted by Gasteiger charge is -2.18. The molecule has 2 aromatic rings. The van der Waals surface area contributed by atoms with E-state index in [9.17, 15) is 15.3 Å². The number of hydrogen-bond acceptors (Lipinski definition) is 10. The van der Waals surface area contributed by atoms with Crippen LogP contribution in [0.25, 0.3) is 11.2 Å². The van der Waals surface area contributed by atoms with Crippen molar-refractivity contribution in [1.82, 2.24) is 19.5 Å². The Balaban J connectivity index is 2.02. The van der Waals surface area contributed by atoms with Crippen molar-refractivity contribution >= 4 is 17.0 Å². The Morgan fingerprint density at radius 1 is 1.22 bits per heavy atom. The fourth-order valence-corrected chi connectivity index (χ4v) is 2.52. The van der Waals surface area contributed by atoms with Gasteiger partial charge in [0.2, 0.25) is 5.82 Å². The van der Waals surface area contributed by atoms with Gasteiger partial charge in [-0.1, -0.05) is 0 Å². The van der Waals surface area contributed by atoms with Gasteiger partial charge < -0.3 is 20.1 Å². The van der Waals surface area contributed by atoms with Crippen LogP contribution in [0.4, 0.5) is 5.82 Å². The molecule has 0 spiro atoms. The van der Waals surface area contributed by atoms with Crippen molar-refractivity contribution in [3.63, 3.8) is 0 Å². The molecule has 0 aliphatic carbocycles. The molecule has 4 atom stereocenters. The van der Waals surface area contributed by atoms with E-state index in [-0.39, 0.29) is 5.82 Å². The molecule has 0 amide bonds. The van der Waals surface area contributed by atoms with E-state index in [0.29, 0.717) is 11.2 Å². The van der Waals surface area contributed by atoms with Crippen LogP contribution in [0.15, 0.2) is 12.7 Å². The highest BCUT2D eigenvalue weighted by molar-refractivity contribution is 5.82. The molecular weight excluding hydrogens is 310 g/mol. The van der Waals surface area contributed by atoms with E-state index in [1.54, 1.807) is 0 Å². The van der Waals surface area contributed by atoms with Gasteiger partial charge in [0, 0.05) is 0 Å². The first kappa shape index (κ1) is 16.0. The Bertz CT molecular complexity index is 677. The normalized spacial score (nSPS) is 27.7. The Morgan fingerprint density at radius 3 is 2.57 bits per heavy atom. The number of hydrogen-bond donors (Lipinski definition) is 3. The molecule has 0 aromatic carbocycles. The largest absolute Gasteiger partial charge is 0.394 e. The number of fused-ring (bicyclic) bond motifs is 1. The lowest BCUT2D eigenvalue weighted by molar-refractivity contribution is -0.0511. The van der Waals surface area contributed by atoms with E-state index < -0.39 is 31.1 Å². The maximum absolute atomic E-state index is 10.1. The van der Waals surface area contributed by atoms with Gasteiger partial charge in [-0.15, -0.1) is 5.23 Å². The van der Waals surface area contributed by atoms with Crippen LogP contribution >= 0.6 is 0 Å². The molecule has 1 aliphatic heterocycles. The molecule has 1 aliphatic rings. The van der Waals surface area contributed by atoms with Crippen molar-refractivity contribution in [3.8, 4) is 0 Å². The summed E-state index contributed by atoms with van der Waals surface area (Å²) in [5.74, 6) is 0.269. The Hall–Kier alpha value is -1.89. The third-order valence-corrected chi connectivity index (χ3v) is 3.64. The quantitative estimate of drug-likeness (QED) is 0.549. The van der Waals surface area contributed by atoms with Gasteiger partial charge in [0.05, 0.1) is 27.2 Å². The SMILES string of the molecule is CON(OC)c1ncnc2c1ncn2[C@@H]1O[C@H](CO)C(O)C1O. The third-order valence-electron chi connectivity index (χ3n) is 3.64. The highest BCUT2D eigenvalue weighted by Crippen LogP contribution is 2.32. The summed E-state index contributed by atoms with van der Waals surface area (Å²) >= 11 is 0. The number of aliphatic hydroxyl groups excluding tert-OH is 3. The minimum absolute atomic E-state index is 0.269. The maximum Gasteiger partial charge on any atom is 0.214 e. The van der Waals surface area contributed by atoms with Crippen LogP contribution in [0.1, 0.15) is 6.23 Å². The van der Waals surface area contributed by atoms with Crippen LogP contribution in [-0.2, 0) is 14.4 Å². The molecule has 3 heterocycles. The van der Waals surface area contributed by atoms with Gasteiger partial charge >= 0.3 is 0 Å². The molecule has 0 radical (unpaired) electrons. The highest BCUT2D eigenvalue weighted by Gasteiger charge is 2.44. The molecule has 2 unspecified atom stereocenters. The summed E-state index contributed by atoms with van der Waals surface area (Å²) in [6, 6.07) is 0. The summed E-state index contributed by atoms with van der Waals surface area (Å²) in [7, 11) is 2.81. The van der Waals surface area contributed by atoms with Gasteiger partial charge in [-0.25, -0.2) is 15.0 Å². The fraction of sp³-hybridized carbons (Fsp3) is 0.583. The summed E-state index contributed by atoms with van der Waals surface area (Å²) < 4.78 is 6.93. The predicted molar refractivity (Wildman–Crippen MR) is 74.8 cm³/mol. The van der Waals surface area contributed by atoms with E-state index in [1.165, 1.54) is 31.4 Å². The minimum atomic E-state index is -1.23. The van der Waals surface area contributed by atoms with E-state index in [1.807, 2.05) is 0 Å². The zero-order chi connectivity index (χ0) is 16.6. The highest BCUT2D eigenvalue weighted by atomic mass is 16.9. The maximum atomic E-state index is 10.1. The molecule has 1 saturated heterocycles. The predicted octanol–water partition coefficient (Wildman–Crippen LogP) is -1.63. The smallest absolute Gasteiger partial charge is 0.214 e. The van der Waals surface area contributed by atoms with E-state index in [0.717, 1.165) is 5.23 Å². The molecule has 1 fully saturated rings. The second-order valence-corrected chi connectivity index (χ2v) is 4.87. The number of anilines is 1. The molecule has 0 saturated carbocycles. The fourth-order valence-electron chi connectivity index (χ4n) is 2.52. The zero-order valence-electron chi connectivity index (χ0n) is 12.5. The van der Waals surface area contributed by atoms with Crippen LogP contribution < -0.4 is 5.23 Å². The summed E-state index contributed by atoms with van der Waals surface area (Å²) in [6.45, 7) is -0.414. The molecule has 2 aromatic heterocycles. The molecule has 11 heteroatoms. The number of nitrogens with zero attached hydrogens (tertiary/aromatic N) is 5.